The normalized spacial score (nSPS) is 13.4. The molecule has 0 amide bonds. The molecule has 0 saturated carbocycles. The van der Waals surface area contributed by atoms with Crippen molar-refractivity contribution in [3.8, 4) is 0 Å². The predicted molar refractivity (Wildman–Crippen MR) is 110 cm³/mol. The van der Waals surface area contributed by atoms with Crippen LogP contribution in [0.3, 0.4) is 0 Å². The van der Waals surface area contributed by atoms with Crippen molar-refractivity contribution >= 4 is 47.1 Å². The molecule has 1 N–H and O–H groups in total. The van der Waals surface area contributed by atoms with Crippen molar-refractivity contribution in [3.05, 3.63) is 82.1 Å². The van der Waals surface area contributed by atoms with E-state index < -0.39 is 25.1 Å². The van der Waals surface area contributed by atoms with Gasteiger partial charge in [0, 0.05) is 11.0 Å². The number of thiophene rings is 1. The fourth-order valence-corrected chi connectivity index (χ4v) is 6.81. The molecular formula is C18H16BrNO4S3. The van der Waals surface area contributed by atoms with Crippen LogP contribution < -0.4 is 4.72 Å². The van der Waals surface area contributed by atoms with E-state index in [0.717, 1.165) is 15.8 Å². The summed E-state index contributed by atoms with van der Waals surface area (Å²) in [6.07, 6.45) is 0. The number of benzene rings is 2. The van der Waals surface area contributed by atoms with Gasteiger partial charge in [0.05, 0.1) is 4.90 Å². The molecule has 0 aliphatic carbocycles. The van der Waals surface area contributed by atoms with Crippen LogP contribution in [0, 0.1) is 0 Å². The van der Waals surface area contributed by atoms with Crippen molar-refractivity contribution in [1.29, 1.82) is 0 Å². The van der Waals surface area contributed by atoms with E-state index in [9.17, 15) is 16.8 Å². The van der Waals surface area contributed by atoms with Crippen LogP contribution in [0.1, 0.15) is 10.8 Å². The summed E-state index contributed by atoms with van der Waals surface area (Å²) in [4.78, 5) is 0.0750. The Morgan fingerprint density at radius 2 is 1.56 bits per heavy atom. The molecule has 0 spiro atoms. The van der Waals surface area contributed by atoms with Crippen LogP contribution in [0.25, 0.3) is 0 Å². The number of rotatable bonds is 7. The average molecular weight is 486 g/mol. The highest BCUT2D eigenvalue weighted by atomic mass is 79.9. The van der Waals surface area contributed by atoms with Crippen LogP contribution in [0.15, 0.2) is 85.7 Å². The molecule has 0 unspecified atom stereocenters. The molecule has 0 aliphatic heterocycles. The van der Waals surface area contributed by atoms with E-state index in [1.165, 1.54) is 18.2 Å². The van der Waals surface area contributed by atoms with Gasteiger partial charge in [-0.1, -0.05) is 52.3 Å². The van der Waals surface area contributed by atoms with E-state index in [4.69, 9.17) is 0 Å². The molecule has 1 aromatic heterocycles. The molecule has 5 nitrogen and oxygen atoms in total. The van der Waals surface area contributed by atoms with Crippen LogP contribution in [0.2, 0.25) is 0 Å². The second-order valence-electron chi connectivity index (χ2n) is 5.68. The number of nitrogens with one attached hydrogen (secondary N) is 1. The van der Waals surface area contributed by atoms with Gasteiger partial charge in [0.1, 0.15) is 9.46 Å². The van der Waals surface area contributed by atoms with Crippen LogP contribution in [-0.4, -0.2) is 23.4 Å². The number of sulfone groups is 1. The summed E-state index contributed by atoms with van der Waals surface area (Å²) < 4.78 is 54.7. The molecular weight excluding hydrogens is 470 g/mol. The highest BCUT2D eigenvalue weighted by Gasteiger charge is 2.31. The summed E-state index contributed by atoms with van der Waals surface area (Å²) in [5, 5.41) is 0.656. The molecule has 3 aromatic rings. The van der Waals surface area contributed by atoms with E-state index >= 15 is 0 Å². The van der Waals surface area contributed by atoms with Crippen molar-refractivity contribution in [3.63, 3.8) is 0 Å². The third-order valence-corrected chi connectivity index (χ3v) is 9.40. The van der Waals surface area contributed by atoms with Gasteiger partial charge in [-0.3, -0.25) is 0 Å². The Hall–Kier alpha value is -1.52. The maximum absolute atomic E-state index is 13.1. The zero-order valence-corrected chi connectivity index (χ0v) is 18.0. The minimum atomic E-state index is -3.84. The van der Waals surface area contributed by atoms with Gasteiger partial charge >= 0.3 is 0 Å². The summed E-state index contributed by atoms with van der Waals surface area (Å²) in [5.74, 6) is 0. The SMILES string of the molecule is O=S(=O)(NC[C@@H](c1ccccc1)S(=O)(=O)c1cccs1)c1ccc(Br)cc1. The molecule has 142 valence electrons. The first kappa shape index (κ1) is 20.2. The first-order valence-corrected chi connectivity index (χ1v) is 12.6. The monoisotopic (exact) mass is 485 g/mol. The van der Waals surface area contributed by atoms with E-state index in [0.29, 0.717) is 5.56 Å². The Bertz CT molecular complexity index is 1100. The van der Waals surface area contributed by atoms with Gasteiger partial charge in [0.25, 0.3) is 0 Å². The minimum absolute atomic E-state index is 0.0750. The Morgan fingerprint density at radius 1 is 0.889 bits per heavy atom. The van der Waals surface area contributed by atoms with Gasteiger partial charge < -0.3 is 0 Å². The van der Waals surface area contributed by atoms with E-state index in [1.54, 1.807) is 53.9 Å². The maximum Gasteiger partial charge on any atom is 0.240 e. The van der Waals surface area contributed by atoms with E-state index in [2.05, 4.69) is 20.7 Å². The third-order valence-electron chi connectivity index (χ3n) is 3.90. The van der Waals surface area contributed by atoms with Crippen molar-refractivity contribution in [1.82, 2.24) is 4.72 Å². The van der Waals surface area contributed by atoms with Crippen LogP contribution in [0.5, 0.6) is 0 Å². The molecule has 2 aromatic carbocycles. The molecule has 0 bridgehead atoms. The molecule has 0 fully saturated rings. The highest BCUT2D eigenvalue weighted by Crippen LogP contribution is 2.31. The topological polar surface area (TPSA) is 80.3 Å². The molecule has 0 saturated heterocycles. The lowest BCUT2D eigenvalue weighted by atomic mass is 10.1. The lowest BCUT2D eigenvalue weighted by molar-refractivity contribution is 0.570. The lowest BCUT2D eigenvalue weighted by Gasteiger charge is -2.18. The van der Waals surface area contributed by atoms with Crippen molar-refractivity contribution < 1.29 is 16.8 Å². The average Bonchev–Trinajstić information content (AvgIpc) is 3.18. The van der Waals surface area contributed by atoms with Gasteiger partial charge in [0.2, 0.25) is 10.0 Å². The van der Waals surface area contributed by atoms with Gasteiger partial charge in [-0.25, -0.2) is 21.6 Å². The molecule has 27 heavy (non-hydrogen) atoms. The second-order valence-corrected chi connectivity index (χ2v) is 11.7. The zero-order valence-electron chi connectivity index (χ0n) is 13.9. The first-order chi connectivity index (χ1) is 12.8. The van der Waals surface area contributed by atoms with E-state index in [-0.39, 0.29) is 15.6 Å². The molecule has 1 heterocycles. The summed E-state index contributed by atoms with van der Waals surface area (Å²) in [7, 11) is -7.58. The van der Waals surface area contributed by atoms with Crippen LogP contribution in [0.4, 0.5) is 0 Å². The molecule has 0 aliphatic rings. The van der Waals surface area contributed by atoms with Gasteiger partial charge in [-0.05, 0) is 41.3 Å². The quantitative estimate of drug-likeness (QED) is 0.548. The van der Waals surface area contributed by atoms with Gasteiger partial charge in [0.15, 0.2) is 9.84 Å². The summed E-state index contributed by atoms with van der Waals surface area (Å²) in [6.45, 7) is -0.261. The molecule has 3 rings (SSSR count). The fourth-order valence-electron chi connectivity index (χ4n) is 2.52. The van der Waals surface area contributed by atoms with Gasteiger partial charge in [-0.15, -0.1) is 11.3 Å². The molecule has 0 radical (unpaired) electrons. The van der Waals surface area contributed by atoms with E-state index in [1.807, 2.05) is 0 Å². The Labute approximate surface area is 171 Å². The number of halogens is 1. The number of hydrogen-bond donors (Lipinski definition) is 1. The van der Waals surface area contributed by atoms with Crippen molar-refractivity contribution in [2.75, 3.05) is 6.54 Å². The summed E-state index contributed by atoms with van der Waals surface area (Å²) in [6, 6.07) is 17.9. The molecule has 9 heteroatoms. The minimum Gasteiger partial charge on any atom is -0.222 e. The fraction of sp³-hybridized carbons (Fsp3) is 0.111. The zero-order chi connectivity index (χ0) is 19.5. The predicted octanol–water partition coefficient (Wildman–Crippen LogP) is 4.00. The Kier molecular flexibility index (Phi) is 6.17. The largest absolute Gasteiger partial charge is 0.240 e. The molecule has 1 atom stereocenters. The number of hydrogen-bond acceptors (Lipinski definition) is 5. The maximum atomic E-state index is 13.1. The first-order valence-electron chi connectivity index (χ1n) is 7.88. The Morgan fingerprint density at radius 3 is 2.15 bits per heavy atom. The Balaban J connectivity index is 1.92. The smallest absolute Gasteiger partial charge is 0.222 e. The lowest BCUT2D eigenvalue weighted by Crippen LogP contribution is -2.31. The van der Waals surface area contributed by atoms with Crippen LogP contribution >= 0.6 is 27.3 Å². The van der Waals surface area contributed by atoms with Crippen LogP contribution in [-0.2, 0) is 19.9 Å². The summed E-state index contributed by atoms with van der Waals surface area (Å²) >= 11 is 4.37. The van der Waals surface area contributed by atoms with Crippen molar-refractivity contribution in [2.24, 2.45) is 0 Å². The van der Waals surface area contributed by atoms with Gasteiger partial charge in [-0.2, -0.15) is 0 Å². The summed E-state index contributed by atoms with van der Waals surface area (Å²) in [5.41, 5.74) is 0.532. The standard InChI is InChI=1S/C18H16BrNO4S3/c19-15-8-10-16(11-9-15)27(23,24)20-13-17(14-5-2-1-3-6-14)26(21,22)18-7-4-12-25-18/h1-12,17,20H,13H2/t17-/m0/s1. The second kappa shape index (κ2) is 8.24. The number of sulfonamides is 1. The third kappa shape index (κ3) is 4.67. The highest BCUT2D eigenvalue weighted by molar-refractivity contribution is 9.10. The van der Waals surface area contributed by atoms with Crippen molar-refractivity contribution in [2.45, 2.75) is 14.4 Å².